The number of hydrogen-bond acceptors (Lipinski definition) is 5. The van der Waals surface area contributed by atoms with Crippen LogP contribution in [0, 0.1) is 6.92 Å². The Balaban J connectivity index is 2.03. The van der Waals surface area contributed by atoms with Gasteiger partial charge in [-0.3, -0.25) is 4.57 Å². The Bertz CT molecular complexity index is 740. The van der Waals surface area contributed by atoms with E-state index in [2.05, 4.69) is 26.2 Å². The molecule has 0 amide bonds. The number of rotatable bonds is 4. The molecule has 3 heterocycles. The van der Waals surface area contributed by atoms with E-state index in [0.29, 0.717) is 12.5 Å². The van der Waals surface area contributed by atoms with Gasteiger partial charge < -0.3 is 4.74 Å². The van der Waals surface area contributed by atoms with E-state index >= 15 is 0 Å². The lowest BCUT2D eigenvalue weighted by atomic mass is 10.1. The minimum atomic E-state index is 0.579. The molecule has 0 fully saturated rings. The fraction of sp³-hybridized carbons (Fsp3) is 0.200. The molecule has 0 aliphatic rings. The third-order valence-electron chi connectivity index (χ3n) is 3.08. The van der Waals surface area contributed by atoms with Crippen molar-refractivity contribution in [2.75, 3.05) is 6.61 Å². The average molecular weight is 281 g/mol. The van der Waals surface area contributed by atoms with E-state index in [1.165, 1.54) is 0 Å². The molecule has 0 N–H and O–H groups in total. The second kappa shape index (κ2) is 5.70. The topological polar surface area (TPSA) is 65.7 Å². The van der Waals surface area contributed by atoms with Crippen molar-refractivity contribution >= 4 is 0 Å². The van der Waals surface area contributed by atoms with Gasteiger partial charge >= 0.3 is 0 Å². The highest BCUT2D eigenvalue weighted by atomic mass is 16.5. The maximum absolute atomic E-state index is 5.57. The van der Waals surface area contributed by atoms with E-state index in [1.807, 2.05) is 32.2 Å². The molecule has 21 heavy (non-hydrogen) atoms. The minimum Gasteiger partial charge on any atom is -0.478 e. The van der Waals surface area contributed by atoms with E-state index in [1.54, 1.807) is 23.4 Å². The average Bonchev–Trinajstić information content (AvgIpc) is 3.02. The number of aryl methyl sites for hydroxylation is 1. The Morgan fingerprint density at radius 3 is 2.71 bits per heavy atom. The summed E-state index contributed by atoms with van der Waals surface area (Å²) in [6, 6.07) is 5.93. The lowest BCUT2D eigenvalue weighted by Crippen LogP contribution is -2.00. The zero-order valence-corrected chi connectivity index (χ0v) is 11.9. The van der Waals surface area contributed by atoms with E-state index in [9.17, 15) is 0 Å². The van der Waals surface area contributed by atoms with Crippen LogP contribution >= 0.6 is 0 Å². The van der Waals surface area contributed by atoms with Gasteiger partial charge in [0.15, 0.2) is 0 Å². The van der Waals surface area contributed by atoms with Crippen LogP contribution in [-0.4, -0.2) is 31.3 Å². The summed E-state index contributed by atoms with van der Waals surface area (Å²) in [7, 11) is 0. The van der Waals surface area contributed by atoms with Gasteiger partial charge in [0.1, 0.15) is 18.5 Å². The number of pyridine rings is 2. The van der Waals surface area contributed by atoms with Crippen molar-refractivity contribution in [3.05, 3.63) is 48.8 Å². The summed E-state index contributed by atoms with van der Waals surface area (Å²) in [6.45, 7) is 4.52. The summed E-state index contributed by atoms with van der Waals surface area (Å²) < 4.78 is 7.35. The molecular formula is C15H15N5O. The molecule has 0 saturated heterocycles. The summed E-state index contributed by atoms with van der Waals surface area (Å²) in [5, 5.41) is 7.60. The molecule has 6 heteroatoms. The Labute approximate surface area is 122 Å². The van der Waals surface area contributed by atoms with Crippen LogP contribution in [0.4, 0.5) is 0 Å². The van der Waals surface area contributed by atoms with Crippen molar-refractivity contribution in [3.8, 4) is 22.8 Å². The van der Waals surface area contributed by atoms with Gasteiger partial charge in [-0.15, -0.1) is 10.2 Å². The first-order valence-corrected chi connectivity index (χ1v) is 6.69. The van der Waals surface area contributed by atoms with Gasteiger partial charge in [0.2, 0.25) is 5.88 Å². The van der Waals surface area contributed by atoms with E-state index < -0.39 is 0 Å². The standard InChI is InChI=1S/C15H15N5O/c1-3-21-15-13(5-4-6-16-15)12-7-11(2)14(17-8-12)20-9-18-19-10-20/h4-10H,3H2,1-2H3. The minimum absolute atomic E-state index is 0.579. The van der Waals surface area contributed by atoms with Crippen LogP contribution in [0.1, 0.15) is 12.5 Å². The molecule has 3 aromatic heterocycles. The molecule has 6 nitrogen and oxygen atoms in total. The number of ether oxygens (including phenoxy) is 1. The quantitative estimate of drug-likeness (QED) is 0.734. The molecule has 0 aliphatic carbocycles. The van der Waals surface area contributed by atoms with E-state index in [-0.39, 0.29) is 0 Å². The molecule has 106 valence electrons. The molecule has 0 radical (unpaired) electrons. The van der Waals surface area contributed by atoms with Crippen molar-refractivity contribution in [2.24, 2.45) is 0 Å². The Morgan fingerprint density at radius 1 is 1.19 bits per heavy atom. The summed E-state index contributed by atoms with van der Waals surface area (Å²) in [5.41, 5.74) is 2.93. The zero-order chi connectivity index (χ0) is 14.7. The Kier molecular flexibility index (Phi) is 3.59. The molecule has 3 aromatic rings. The van der Waals surface area contributed by atoms with Gasteiger partial charge in [-0.1, -0.05) is 0 Å². The van der Waals surface area contributed by atoms with Crippen molar-refractivity contribution in [1.82, 2.24) is 24.7 Å². The van der Waals surface area contributed by atoms with E-state index in [4.69, 9.17) is 4.74 Å². The first-order valence-electron chi connectivity index (χ1n) is 6.69. The van der Waals surface area contributed by atoms with Crippen LogP contribution in [0.2, 0.25) is 0 Å². The number of hydrogen-bond donors (Lipinski definition) is 0. The molecule has 3 rings (SSSR count). The normalized spacial score (nSPS) is 10.6. The summed E-state index contributed by atoms with van der Waals surface area (Å²) in [5.74, 6) is 1.43. The molecule has 0 bridgehead atoms. The molecule has 0 saturated carbocycles. The van der Waals surface area contributed by atoms with Gasteiger partial charge in [0.25, 0.3) is 0 Å². The monoisotopic (exact) mass is 281 g/mol. The van der Waals surface area contributed by atoms with Crippen molar-refractivity contribution in [3.63, 3.8) is 0 Å². The highest BCUT2D eigenvalue weighted by Gasteiger charge is 2.10. The summed E-state index contributed by atoms with van der Waals surface area (Å²) in [6.07, 6.45) is 6.79. The van der Waals surface area contributed by atoms with E-state index in [0.717, 1.165) is 22.5 Å². The molecule has 0 aromatic carbocycles. The van der Waals surface area contributed by atoms with Crippen LogP contribution in [-0.2, 0) is 0 Å². The van der Waals surface area contributed by atoms with Crippen molar-refractivity contribution in [2.45, 2.75) is 13.8 Å². The van der Waals surface area contributed by atoms with Crippen molar-refractivity contribution in [1.29, 1.82) is 0 Å². The maximum Gasteiger partial charge on any atom is 0.221 e. The van der Waals surface area contributed by atoms with Gasteiger partial charge in [-0.2, -0.15) is 0 Å². The number of nitrogens with zero attached hydrogens (tertiary/aromatic N) is 5. The Morgan fingerprint density at radius 2 is 2.00 bits per heavy atom. The first kappa shape index (κ1) is 13.2. The van der Waals surface area contributed by atoms with Crippen LogP contribution in [0.5, 0.6) is 5.88 Å². The molecule has 0 aliphatic heterocycles. The molecule has 0 unspecified atom stereocenters. The van der Waals surface area contributed by atoms with Crippen LogP contribution in [0.15, 0.2) is 43.2 Å². The van der Waals surface area contributed by atoms with Gasteiger partial charge in [0, 0.05) is 23.5 Å². The van der Waals surface area contributed by atoms with Crippen molar-refractivity contribution < 1.29 is 4.74 Å². The summed E-state index contributed by atoms with van der Waals surface area (Å²) in [4.78, 5) is 8.77. The highest BCUT2D eigenvalue weighted by Crippen LogP contribution is 2.28. The van der Waals surface area contributed by atoms with Crippen LogP contribution < -0.4 is 4.74 Å². The van der Waals surface area contributed by atoms with Gasteiger partial charge in [-0.05, 0) is 37.6 Å². The fourth-order valence-corrected chi connectivity index (χ4v) is 2.16. The van der Waals surface area contributed by atoms with Crippen LogP contribution in [0.3, 0.4) is 0 Å². The predicted molar refractivity (Wildman–Crippen MR) is 78.3 cm³/mol. The van der Waals surface area contributed by atoms with Crippen LogP contribution in [0.25, 0.3) is 16.9 Å². The smallest absolute Gasteiger partial charge is 0.221 e. The summed E-state index contributed by atoms with van der Waals surface area (Å²) >= 11 is 0. The first-order chi connectivity index (χ1) is 10.3. The van der Waals surface area contributed by atoms with Gasteiger partial charge in [0.05, 0.1) is 6.61 Å². The third-order valence-corrected chi connectivity index (χ3v) is 3.08. The lowest BCUT2D eigenvalue weighted by Gasteiger charge is -2.11. The highest BCUT2D eigenvalue weighted by molar-refractivity contribution is 5.69. The second-order valence-electron chi connectivity index (χ2n) is 4.52. The molecular weight excluding hydrogens is 266 g/mol. The maximum atomic E-state index is 5.57. The Hall–Kier alpha value is -2.76. The zero-order valence-electron chi connectivity index (χ0n) is 11.9. The molecule has 0 spiro atoms. The largest absolute Gasteiger partial charge is 0.478 e. The number of aromatic nitrogens is 5. The third kappa shape index (κ3) is 2.60. The molecule has 0 atom stereocenters. The second-order valence-corrected chi connectivity index (χ2v) is 4.52. The van der Waals surface area contributed by atoms with Gasteiger partial charge in [-0.25, -0.2) is 9.97 Å². The predicted octanol–water partition coefficient (Wildman–Crippen LogP) is 2.43. The fourth-order valence-electron chi connectivity index (χ4n) is 2.16. The lowest BCUT2D eigenvalue weighted by molar-refractivity contribution is 0.328. The SMILES string of the molecule is CCOc1ncccc1-c1cnc(-n2cnnc2)c(C)c1.